The highest BCUT2D eigenvalue weighted by Crippen LogP contribution is 2.30. The Bertz CT molecular complexity index is 373. The van der Waals surface area contributed by atoms with Crippen LogP contribution in [0.5, 0.6) is 5.75 Å². The molecule has 1 aromatic carbocycles. The molecule has 5 heteroatoms. The van der Waals surface area contributed by atoms with Gasteiger partial charge in [0, 0.05) is 7.05 Å². The number of likely N-dealkylation sites (N-methyl/N-ethyl adjacent to an activating group) is 1. The molecule has 1 heterocycles. The third-order valence-corrected chi connectivity index (χ3v) is 2.70. The number of anilines is 1. The lowest BCUT2D eigenvalue weighted by Crippen LogP contribution is -2.48. The molecule has 0 bridgehead atoms. The van der Waals surface area contributed by atoms with Gasteiger partial charge in [0.15, 0.2) is 0 Å². The summed E-state index contributed by atoms with van der Waals surface area (Å²) in [6.45, 7) is 0.366. The van der Waals surface area contributed by atoms with Gasteiger partial charge in [-0.15, -0.1) is 12.4 Å². The summed E-state index contributed by atoms with van der Waals surface area (Å²) < 4.78 is 5.54. The normalized spacial score (nSPS) is 23.5. The molecule has 1 unspecified atom stereocenters. The van der Waals surface area contributed by atoms with Gasteiger partial charge < -0.3 is 20.2 Å². The molecule has 0 saturated carbocycles. The number of carbonyl (C=O) groups excluding carboxylic acids is 1. The first-order valence-corrected chi connectivity index (χ1v) is 4.89. The lowest BCUT2D eigenvalue weighted by atomic mass is 10.1. The second-order valence-corrected chi connectivity index (χ2v) is 3.68. The van der Waals surface area contributed by atoms with E-state index < -0.39 is 0 Å². The molecule has 0 fully saturated rings. The summed E-state index contributed by atoms with van der Waals surface area (Å²) in [6, 6.07) is 7.00. The van der Waals surface area contributed by atoms with Crippen LogP contribution in [-0.2, 0) is 4.79 Å². The van der Waals surface area contributed by atoms with Gasteiger partial charge in [-0.1, -0.05) is 12.1 Å². The van der Waals surface area contributed by atoms with E-state index in [0.717, 1.165) is 17.7 Å². The second-order valence-electron chi connectivity index (χ2n) is 3.68. The molecule has 0 amide bonds. The van der Waals surface area contributed by atoms with E-state index in [1.165, 1.54) is 0 Å². The molecule has 0 spiro atoms. The van der Waals surface area contributed by atoms with Crippen LogP contribution in [0, 0.1) is 0 Å². The minimum atomic E-state index is -0.325. The Morgan fingerprint density at radius 2 is 2.19 bits per heavy atom. The van der Waals surface area contributed by atoms with Crippen molar-refractivity contribution in [2.75, 3.05) is 18.6 Å². The van der Waals surface area contributed by atoms with Crippen LogP contribution < -0.4 is 15.4 Å². The maximum Gasteiger partial charge on any atom is 0.144 e. The summed E-state index contributed by atoms with van der Waals surface area (Å²) in [7, 11) is 1.85. The summed E-state index contributed by atoms with van der Waals surface area (Å²) >= 11 is 0. The van der Waals surface area contributed by atoms with Crippen LogP contribution in [0.1, 0.15) is 0 Å². The lowest BCUT2D eigenvalue weighted by molar-refractivity contribution is -0.109. The molecule has 0 saturated heterocycles. The number of hydrogen-bond acceptors (Lipinski definition) is 4. The summed E-state index contributed by atoms with van der Waals surface area (Å²) in [6.07, 6.45) is 0.871. The number of rotatable bonds is 1. The summed E-state index contributed by atoms with van der Waals surface area (Å²) in [5.74, 6) is 0.778. The standard InChI is InChI=1S/C11H14N2O2.ClH/c1-13-9-4-2-3-5-11(9)15-7-8(12)10(13)6-14;/h2-6,8,10H,7,12H2,1H3;1H/t8-,10?;/m1./s1. The maximum absolute atomic E-state index is 11.0. The fourth-order valence-electron chi connectivity index (χ4n) is 1.80. The Balaban J connectivity index is 0.00000128. The highest BCUT2D eigenvalue weighted by atomic mass is 35.5. The van der Waals surface area contributed by atoms with Gasteiger partial charge in [0.1, 0.15) is 24.7 Å². The number of ether oxygens (including phenoxy) is 1. The first kappa shape index (κ1) is 12.8. The zero-order valence-corrected chi connectivity index (χ0v) is 9.81. The maximum atomic E-state index is 11.0. The number of aldehydes is 1. The van der Waals surface area contributed by atoms with Gasteiger partial charge in [0.25, 0.3) is 0 Å². The van der Waals surface area contributed by atoms with Gasteiger partial charge in [-0.3, -0.25) is 0 Å². The van der Waals surface area contributed by atoms with Crippen LogP contribution in [0.2, 0.25) is 0 Å². The molecular formula is C11H15ClN2O2. The summed E-state index contributed by atoms with van der Waals surface area (Å²) in [5, 5.41) is 0. The molecule has 0 radical (unpaired) electrons. The van der Waals surface area contributed by atoms with E-state index >= 15 is 0 Å². The Morgan fingerprint density at radius 1 is 1.50 bits per heavy atom. The van der Waals surface area contributed by atoms with Crippen LogP contribution in [0.4, 0.5) is 5.69 Å². The van der Waals surface area contributed by atoms with Crippen molar-refractivity contribution >= 4 is 24.4 Å². The van der Waals surface area contributed by atoms with E-state index in [1.54, 1.807) is 0 Å². The first-order chi connectivity index (χ1) is 7.24. The molecule has 2 N–H and O–H groups in total. The van der Waals surface area contributed by atoms with E-state index in [-0.39, 0.29) is 24.5 Å². The molecule has 1 aliphatic heterocycles. The van der Waals surface area contributed by atoms with Crippen molar-refractivity contribution in [2.24, 2.45) is 5.73 Å². The Morgan fingerprint density at radius 3 is 2.88 bits per heavy atom. The topological polar surface area (TPSA) is 55.6 Å². The quantitative estimate of drug-likeness (QED) is 0.742. The van der Waals surface area contributed by atoms with Gasteiger partial charge in [-0.25, -0.2) is 0 Å². The van der Waals surface area contributed by atoms with Crippen molar-refractivity contribution in [1.29, 1.82) is 0 Å². The number of hydrogen-bond donors (Lipinski definition) is 1. The third kappa shape index (κ3) is 2.13. The SMILES string of the molecule is CN1c2ccccc2OC[C@@H](N)C1C=O.Cl. The molecule has 1 aromatic rings. The fraction of sp³-hybridized carbons (Fsp3) is 0.364. The Hall–Kier alpha value is -1.26. The van der Waals surface area contributed by atoms with Gasteiger partial charge in [0.05, 0.1) is 11.7 Å². The van der Waals surface area contributed by atoms with E-state index in [0.29, 0.717) is 6.61 Å². The molecule has 16 heavy (non-hydrogen) atoms. The van der Waals surface area contributed by atoms with Crippen LogP contribution in [-0.4, -0.2) is 32.0 Å². The van der Waals surface area contributed by atoms with Gasteiger partial charge in [-0.2, -0.15) is 0 Å². The minimum Gasteiger partial charge on any atom is -0.490 e. The van der Waals surface area contributed by atoms with Crippen LogP contribution in [0.15, 0.2) is 24.3 Å². The molecular weight excluding hydrogens is 228 g/mol. The van der Waals surface area contributed by atoms with Gasteiger partial charge >= 0.3 is 0 Å². The molecule has 0 aromatic heterocycles. The van der Waals surface area contributed by atoms with Crippen molar-refractivity contribution in [3.05, 3.63) is 24.3 Å². The third-order valence-electron chi connectivity index (χ3n) is 2.70. The molecule has 2 atom stereocenters. The number of fused-ring (bicyclic) bond motifs is 1. The van der Waals surface area contributed by atoms with Crippen molar-refractivity contribution in [2.45, 2.75) is 12.1 Å². The highest BCUT2D eigenvalue weighted by Gasteiger charge is 2.27. The predicted molar refractivity (Wildman–Crippen MR) is 65.4 cm³/mol. The molecule has 0 aliphatic carbocycles. The summed E-state index contributed by atoms with van der Waals surface area (Å²) in [4.78, 5) is 12.8. The number of nitrogens with zero attached hydrogens (tertiary/aromatic N) is 1. The van der Waals surface area contributed by atoms with Crippen molar-refractivity contribution in [1.82, 2.24) is 0 Å². The monoisotopic (exact) mass is 242 g/mol. The largest absolute Gasteiger partial charge is 0.490 e. The van der Waals surface area contributed by atoms with Gasteiger partial charge in [-0.05, 0) is 12.1 Å². The van der Waals surface area contributed by atoms with E-state index in [4.69, 9.17) is 10.5 Å². The zero-order valence-electron chi connectivity index (χ0n) is 9.00. The zero-order chi connectivity index (χ0) is 10.8. The Labute approximate surface area is 101 Å². The first-order valence-electron chi connectivity index (χ1n) is 4.89. The highest BCUT2D eigenvalue weighted by molar-refractivity contribution is 5.85. The van der Waals surface area contributed by atoms with Crippen LogP contribution in [0.25, 0.3) is 0 Å². The minimum absolute atomic E-state index is 0. The fourth-order valence-corrected chi connectivity index (χ4v) is 1.80. The number of halogens is 1. The average Bonchev–Trinajstić information content (AvgIpc) is 2.38. The average molecular weight is 243 g/mol. The second kappa shape index (κ2) is 5.18. The smallest absolute Gasteiger partial charge is 0.144 e. The van der Waals surface area contributed by atoms with E-state index in [9.17, 15) is 4.79 Å². The number of benzene rings is 1. The number of para-hydroxylation sites is 2. The summed E-state index contributed by atoms with van der Waals surface area (Å²) in [5.41, 5.74) is 6.77. The van der Waals surface area contributed by atoms with Crippen molar-refractivity contribution < 1.29 is 9.53 Å². The molecule has 1 aliphatic rings. The molecule has 88 valence electrons. The number of nitrogens with two attached hydrogens (primary N) is 1. The van der Waals surface area contributed by atoms with Crippen molar-refractivity contribution in [3.63, 3.8) is 0 Å². The van der Waals surface area contributed by atoms with Crippen LogP contribution >= 0.6 is 12.4 Å². The lowest BCUT2D eigenvalue weighted by Gasteiger charge is -2.26. The molecule has 4 nitrogen and oxygen atoms in total. The van der Waals surface area contributed by atoms with Crippen LogP contribution in [0.3, 0.4) is 0 Å². The predicted octanol–water partition coefficient (Wildman–Crippen LogP) is 0.832. The van der Waals surface area contributed by atoms with Gasteiger partial charge in [0.2, 0.25) is 0 Å². The van der Waals surface area contributed by atoms with E-state index in [2.05, 4.69) is 0 Å². The Kier molecular flexibility index (Phi) is 4.15. The number of carbonyl (C=O) groups is 1. The molecule has 2 rings (SSSR count). The van der Waals surface area contributed by atoms with Crippen molar-refractivity contribution in [3.8, 4) is 5.75 Å². The van der Waals surface area contributed by atoms with E-state index in [1.807, 2.05) is 36.2 Å².